The van der Waals surface area contributed by atoms with E-state index in [1.165, 1.54) is 7.11 Å². The third-order valence-electron chi connectivity index (χ3n) is 2.94. The third kappa shape index (κ3) is 4.77. The monoisotopic (exact) mass is 307 g/mol. The van der Waals surface area contributed by atoms with Crippen molar-refractivity contribution in [2.24, 2.45) is 5.73 Å². The van der Waals surface area contributed by atoms with Crippen LogP contribution in [0.5, 0.6) is 5.75 Å². The lowest BCUT2D eigenvalue weighted by Gasteiger charge is -2.11. The summed E-state index contributed by atoms with van der Waals surface area (Å²) in [5.74, 6) is 0.276. The van der Waals surface area contributed by atoms with E-state index in [-0.39, 0.29) is 12.4 Å². The van der Waals surface area contributed by atoms with Gasteiger partial charge in [0.1, 0.15) is 18.4 Å². The van der Waals surface area contributed by atoms with E-state index in [1.54, 1.807) is 24.3 Å². The van der Waals surface area contributed by atoms with E-state index < -0.39 is 12.0 Å². The summed E-state index contributed by atoms with van der Waals surface area (Å²) in [6, 6.07) is 16.3. The predicted octanol–water partition coefficient (Wildman–Crippen LogP) is 2.86. The summed E-state index contributed by atoms with van der Waals surface area (Å²) in [7, 11) is 1.32. The van der Waals surface area contributed by atoms with Gasteiger partial charge >= 0.3 is 5.97 Å². The molecular weight excluding hydrogens is 290 g/mol. The number of carbonyl (C=O) groups excluding carboxylic acids is 1. The summed E-state index contributed by atoms with van der Waals surface area (Å²) in [6.07, 6.45) is 0. The molecule has 2 N–H and O–H groups in total. The number of hydrogen-bond donors (Lipinski definition) is 1. The highest BCUT2D eigenvalue weighted by Gasteiger charge is 2.15. The summed E-state index contributed by atoms with van der Waals surface area (Å²) in [6.45, 7) is 0.503. The smallest absolute Gasteiger partial charge is 0.327 e. The maximum atomic E-state index is 11.3. The number of carbonyl (C=O) groups is 1. The lowest BCUT2D eigenvalue weighted by molar-refractivity contribution is -0.142. The maximum Gasteiger partial charge on any atom is 0.327 e. The van der Waals surface area contributed by atoms with Crippen LogP contribution in [0.1, 0.15) is 17.2 Å². The first kappa shape index (κ1) is 17.0. The highest BCUT2D eigenvalue weighted by atomic mass is 35.5. The Bertz CT molecular complexity index is 557. The highest BCUT2D eigenvalue weighted by Crippen LogP contribution is 2.18. The normalized spacial score (nSPS) is 11.1. The molecule has 4 nitrogen and oxygen atoms in total. The van der Waals surface area contributed by atoms with Crippen molar-refractivity contribution in [1.82, 2.24) is 0 Å². The number of benzene rings is 2. The van der Waals surface area contributed by atoms with Crippen LogP contribution in [0.15, 0.2) is 54.6 Å². The molecule has 1 atom stereocenters. The molecule has 0 fully saturated rings. The molecule has 112 valence electrons. The molecule has 21 heavy (non-hydrogen) atoms. The summed E-state index contributed by atoms with van der Waals surface area (Å²) in [5.41, 5.74) is 7.55. The summed E-state index contributed by atoms with van der Waals surface area (Å²) >= 11 is 0. The minimum atomic E-state index is -0.761. The molecule has 0 saturated heterocycles. The summed E-state index contributed by atoms with van der Waals surface area (Å²) in [4.78, 5) is 11.3. The fourth-order valence-electron chi connectivity index (χ4n) is 1.78. The minimum Gasteiger partial charge on any atom is -0.489 e. The third-order valence-corrected chi connectivity index (χ3v) is 2.94. The van der Waals surface area contributed by atoms with E-state index in [0.717, 1.165) is 11.3 Å². The van der Waals surface area contributed by atoms with Gasteiger partial charge in [0.25, 0.3) is 0 Å². The van der Waals surface area contributed by atoms with E-state index >= 15 is 0 Å². The Morgan fingerprint density at radius 3 is 2.29 bits per heavy atom. The molecule has 0 amide bonds. The molecule has 2 rings (SSSR count). The lowest BCUT2D eigenvalue weighted by atomic mass is 10.1. The number of ether oxygens (including phenoxy) is 2. The number of methoxy groups -OCH3 is 1. The Kier molecular flexibility index (Phi) is 6.72. The van der Waals surface area contributed by atoms with Crippen LogP contribution in [-0.2, 0) is 16.1 Å². The van der Waals surface area contributed by atoms with Crippen LogP contribution >= 0.6 is 12.4 Å². The molecule has 5 heteroatoms. The largest absolute Gasteiger partial charge is 0.489 e. The first-order chi connectivity index (χ1) is 9.70. The van der Waals surface area contributed by atoms with Crippen molar-refractivity contribution in [3.05, 3.63) is 65.7 Å². The second-order valence-corrected chi connectivity index (χ2v) is 4.34. The van der Waals surface area contributed by atoms with Crippen molar-refractivity contribution < 1.29 is 14.3 Å². The van der Waals surface area contributed by atoms with Crippen molar-refractivity contribution in [3.8, 4) is 5.75 Å². The van der Waals surface area contributed by atoms with Crippen molar-refractivity contribution in [1.29, 1.82) is 0 Å². The zero-order valence-electron chi connectivity index (χ0n) is 11.7. The number of halogens is 1. The van der Waals surface area contributed by atoms with Gasteiger partial charge in [-0.15, -0.1) is 12.4 Å². The summed E-state index contributed by atoms with van der Waals surface area (Å²) < 4.78 is 10.3. The average Bonchev–Trinajstić information content (AvgIpc) is 2.53. The van der Waals surface area contributed by atoms with Gasteiger partial charge in [0.15, 0.2) is 0 Å². The quantitative estimate of drug-likeness (QED) is 0.863. The van der Waals surface area contributed by atoms with Crippen LogP contribution in [0, 0.1) is 0 Å². The fraction of sp³-hybridized carbons (Fsp3) is 0.188. The van der Waals surface area contributed by atoms with Gasteiger partial charge in [-0.25, -0.2) is 0 Å². The Labute approximate surface area is 130 Å². The van der Waals surface area contributed by atoms with E-state index in [0.29, 0.717) is 12.2 Å². The SMILES string of the molecule is COC(=O)C(N)c1ccc(OCc2ccccc2)cc1.Cl. The second-order valence-electron chi connectivity index (χ2n) is 4.34. The van der Waals surface area contributed by atoms with Gasteiger partial charge in [-0.2, -0.15) is 0 Å². The van der Waals surface area contributed by atoms with E-state index in [4.69, 9.17) is 10.5 Å². The molecule has 0 bridgehead atoms. The van der Waals surface area contributed by atoms with Crippen LogP contribution < -0.4 is 10.5 Å². The number of rotatable bonds is 5. The van der Waals surface area contributed by atoms with Gasteiger partial charge in [-0.3, -0.25) is 4.79 Å². The number of hydrogen-bond acceptors (Lipinski definition) is 4. The van der Waals surface area contributed by atoms with Gasteiger partial charge in [0.05, 0.1) is 7.11 Å². The molecule has 2 aromatic carbocycles. The minimum absolute atomic E-state index is 0. The Hall–Kier alpha value is -2.04. The highest BCUT2D eigenvalue weighted by molar-refractivity contribution is 5.85. The standard InChI is InChI=1S/C16H17NO3.ClH/c1-19-16(18)15(17)13-7-9-14(10-8-13)20-11-12-5-3-2-4-6-12;/h2-10,15H,11,17H2,1H3;1H. The molecule has 0 aliphatic carbocycles. The van der Waals surface area contributed by atoms with Crippen LogP contribution in [-0.4, -0.2) is 13.1 Å². The van der Waals surface area contributed by atoms with Gasteiger partial charge in [0, 0.05) is 0 Å². The van der Waals surface area contributed by atoms with Crippen molar-refractivity contribution >= 4 is 18.4 Å². The van der Waals surface area contributed by atoms with Crippen molar-refractivity contribution in [3.63, 3.8) is 0 Å². The Morgan fingerprint density at radius 2 is 1.71 bits per heavy atom. The molecule has 0 saturated carbocycles. The van der Waals surface area contributed by atoms with Crippen molar-refractivity contribution in [2.75, 3.05) is 7.11 Å². The van der Waals surface area contributed by atoms with E-state index in [2.05, 4.69) is 4.74 Å². The van der Waals surface area contributed by atoms with Crippen LogP contribution in [0.25, 0.3) is 0 Å². The number of esters is 1. The first-order valence-electron chi connectivity index (χ1n) is 6.31. The predicted molar refractivity (Wildman–Crippen MR) is 83.4 cm³/mol. The molecule has 2 aromatic rings. The zero-order chi connectivity index (χ0) is 14.4. The van der Waals surface area contributed by atoms with Crippen molar-refractivity contribution in [2.45, 2.75) is 12.6 Å². The average molecular weight is 308 g/mol. The molecule has 0 heterocycles. The van der Waals surface area contributed by atoms with Gasteiger partial charge in [-0.1, -0.05) is 42.5 Å². The number of nitrogens with two attached hydrogens (primary N) is 1. The van der Waals surface area contributed by atoms with Gasteiger partial charge in [-0.05, 0) is 23.3 Å². The first-order valence-corrected chi connectivity index (χ1v) is 6.31. The summed E-state index contributed by atoms with van der Waals surface area (Å²) in [5, 5.41) is 0. The maximum absolute atomic E-state index is 11.3. The fourth-order valence-corrected chi connectivity index (χ4v) is 1.78. The zero-order valence-corrected chi connectivity index (χ0v) is 12.5. The molecule has 0 spiro atoms. The Balaban J connectivity index is 0.00000220. The van der Waals surface area contributed by atoms with E-state index in [9.17, 15) is 4.79 Å². The molecule has 0 radical (unpaired) electrons. The molecule has 0 aromatic heterocycles. The molecular formula is C16H18ClNO3. The van der Waals surface area contributed by atoms with Gasteiger partial charge < -0.3 is 15.2 Å². The molecule has 1 unspecified atom stereocenters. The van der Waals surface area contributed by atoms with Crippen LogP contribution in [0.3, 0.4) is 0 Å². The topological polar surface area (TPSA) is 61.5 Å². The molecule has 0 aliphatic rings. The van der Waals surface area contributed by atoms with Gasteiger partial charge in [0.2, 0.25) is 0 Å². The van der Waals surface area contributed by atoms with Crippen LogP contribution in [0.2, 0.25) is 0 Å². The Morgan fingerprint density at radius 1 is 1.10 bits per heavy atom. The van der Waals surface area contributed by atoms with E-state index in [1.807, 2.05) is 30.3 Å². The lowest BCUT2D eigenvalue weighted by Crippen LogP contribution is -2.22. The molecule has 0 aliphatic heterocycles. The second kappa shape index (κ2) is 8.29. The van der Waals surface area contributed by atoms with Crippen LogP contribution in [0.4, 0.5) is 0 Å².